The summed E-state index contributed by atoms with van der Waals surface area (Å²) < 4.78 is 2.29. The van der Waals surface area contributed by atoms with Gasteiger partial charge < -0.3 is 10.6 Å². The molecule has 0 radical (unpaired) electrons. The Balaban J connectivity index is 1.99. The van der Waals surface area contributed by atoms with Gasteiger partial charge in [-0.1, -0.05) is 30.3 Å². The molecule has 2 heterocycles. The molecule has 1 aliphatic heterocycles. The molecule has 2 aromatic rings. The molecule has 1 saturated heterocycles. The number of benzene rings is 1. The van der Waals surface area contributed by atoms with Gasteiger partial charge in [0.15, 0.2) is 5.78 Å². The van der Waals surface area contributed by atoms with Crippen LogP contribution in [0.1, 0.15) is 35.7 Å². The van der Waals surface area contributed by atoms with Crippen molar-refractivity contribution in [3.05, 3.63) is 62.3 Å². The molecule has 9 nitrogen and oxygen atoms in total. The summed E-state index contributed by atoms with van der Waals surface area (Å²) in [6, 6.07) is 8.83. The molecule has 2 N–H and O–H groups in total. The van der Waals surface area contributed by atoms with Crippen LogP contribution in [0.2, 0.25) is 0 Å². The van der Waals surface area contributed by atoms with Gasteiger partial charge in [-0.3, -0.25) is 28.4 Å². The molecule has 1 atom stereocenters. The Labute approximate surface area is 180 Å². The molecular formula is C22H29N5O4. The van der Waals surface area contributed by atoms with Crippen molar-refractivity contribution in [2.75, 3.05) is 32.9 Å². The van der Waals surface area contributed by atoms with E-state index in [9.17, 15) is 19.2 Å². The van der Waals surface area contributed by atoms with Gasteiger partial charge >= 0.3 is 5.69 Å². The molecule has 166 valence electrons. The predicted octanol–water partition coefficient (Wildman–Crippen LogP) is 0.396. The molecule has 1 amide bonds. The first-order chi connectivity index (χ1) is 14.8. The normalized spacial score (nSPS) is 16.4. The summed E-state index contributed by atoms with van der Waals surface area (Å²) in [5.41, 5.74) is 5.61. The molecule has 0 bridgehead atoms. The molecule has 1 aliphatic rings. The highest BCUT2D eigenvalue weighted by atomic mass is 16.2. The summed E-state index contributed by atoms with van der Waals surface area (Å²) in [4.78, 5) is 54.7. The Morgan fingerprint density at radius 2 is 1.81 bits per heavy atom. The summed E-state index contributed by atoms with van der Waals surface area (Å²) in [7, 11) is 3.36. The van der Waals surface area contributed by atoms with Crippen molar-refractivity contribution in [3.63, 3.8) is 0 Å². The molecule has 31 heavy (non-hydrogen) atoms. The molecule has 1 unspecified atom stereocenters. The summed E-state index contributed by atoms with van der Waals surface area (Å²) >= 11 is 0. The maximum atomic E-state index is 13.2. The maximum Gasteiger partial charge on any atom is 0.332 e. The van der Waals surface area contributed by atoms with E-state index in [2.05, 4.69) is 0 Å². The van der Waals surface area contributed by atoms with E-state index in [1.54, 1.807) is 25.9 Å². The average molecular weight is 428 g/mol. The number of anilines is 1. The number of nitrogens with zero attached hydrogens (tertiary/aromatic N) is 4. The van der Waals surface area contributed by atoms with Crippen LogP contribution < -0.4 is 17.0 Å². The molecule has 0 aliphatic carbocycles. The highest BCUT2D eigenvalue weighted by Crippen LogP contribution is 2.20. The summed E-state index contributed by atoms with van der Waals surface area (Å²) in [5.74, 6) is -0.688. The number of aromatic nitrogens is 2. The molecule has 3 rings (SSSR count). The second-order valence-electron chi connectivity index (χ2n) is 7.95. The Bertz CT molecular complexity index is 1090. The smallest absolute Gasteiger partial charge is 0.332 e. The molecule has 9 heteroatoms. The number of amides is 1. The van der Waals surface area contributed by atoms with Crippen LogP contribution in [-0.4, -0.2) is 63.9 Å². The quantitative estimate of drug-likeness (QED) is 0.640. The van der Waals surface area contributed by atoms with Gasteiger partial charge in [-0.2, -0.15) is 0 Å². The number of Topliss-reactive ketones (excluding diaryl/α,β-unsaturated/α-hetero) is 1. The Morgan fingerprint density at radius 3 is 2.42 bits per heavy atom. The highest BCUT2D eigenvalue weighted by molar-refractivity contribution is 6.01. The standard InChI is InChI=1S/C22H29N5O4/c1-4-26-21(30)18(17(28)14-25-12-8-11-16(25)20(29)24(2)3)19(23)27(22(26)31)13-15-9-6-5-7-10-15/h5-7,9-10,16H,4,8,11-14,23H2,1-3H3. The van der Waals surface area contributed by atoms with Crippen LogP contribution in [-0.2, 0) is 17.9 Å². The minimum Gasteiger partial charge on any atom is -0.384 e. The number of rotatable bonds is 7. The number of likely N-dealkylation sites (N-methyl/N-ethyl adjacent to an activating group) is 1. The fraction of sp³-hybridized carbons (Fsp3) is 0.455. The van der Waals surface area contributed by atoms with Gasteiger partial charge in [-0.25, -0.2) is 4.79 Å². The maximum absolute atomic E-state index is 13.2. The van der Waals surface area contributed by atoms with Crippen LogP contribution >= 0.6 is 0 Å². The van der Waals surface area contributed by atoms with E-state index in [-0.39, 0.29) is 36.9 Å². The van der Waals surface area contributed by atoms with Gasteiger partial charge in [-0.15, -0.1) is 0 Å². The zero-order valence-electron chi connectivity index (χ0n) is 18.2. The van der Waals surface area contributed by atoms with E-state index in [1.165, 1.54) is 9.47 Å². The van der Waals surface area contributed by atoms with Crippen LogP contribution in [0, 0.1) is 0 Å². The highest BCUT2D eigenvalue weighted by Gasteiger charge is 2.34. The second kappa shape index (κ2) is 9.30. The first-order valence-corrected chi connectivity index (χ1v) is 10.4. The van der Waals surface area contributed by atoms with E-state index in [0.717, 1.165) is 16.6 Å². The number of ketones is 1. The van der Waals surface area contributed by atoms with E-state index in [0.29, 0.717) is 13.0 Å². The van der Waals surface area contributed by atoms with Crippen LogP contribution in [0.15, 0.2) is 39.9 Å². The van der Waals surface area contributed by atoms with Crippen LogP contribution in [0.3, 0.4) is 0 Å². The van der Waals surface area contributed by atoms with Crippen molar-refractivity contribution in [2.45, 2.75) is 38.9 Å². The molecular weight excluding hydrogens is 398 g/mol. The lowest BCUT2D eigenvalue weighted by Gasteiger charge is -2.25. The molecule has 1 aromatic carbocycles. The second-order valence-corrected chi connectivity index (χ2v) is 7.95. The van der Waals surface area contributed by atoms with Gasteiger partial charge in [0.2, 0.25) is 5.91 Å². The first-order valence-electron chi connectivity index (χ1n) is 10.4. The number of nitrogen functional groups attached to an aromatic ring is 1. The zero-order chi connectivity index (χ0) is 22.7. The Hall–Kier alpha value is -3.20. The lowest BCUT2D eigenvalue weighted by atomic mass is 10.1. The Kier molecular flexibility index (Phi) is 6.74. The van der Waals surface area contributed by atoms with Gasteiger partial charge in [0.25, 0.3) is 5.56 Å². The molecule has 0 spiro atoms. The third-order valence-corrected chi connectivity index (χ3v) is 5.68. The number of nitrogens with two attached hydrogens (primary N) is 1. The average Bonchev–Trinajstić information content (AvgIpc) is 3.19. The largest absolute Gasteiger partial charge is 0.384 e. The lowest BCUT2D eigenvalue weighted by molar-refractivity contribution is -0.133. The molecule has 1 fully saturated rings. The number of carbonyl (C=O) groups is 2. The van der Waals surface area contributed by atoms with Gasteiger partial charge in [0.05, 0.1) is 19.1 Å². The van der Waals surface area contributed by atoms with Gasteiger partial charge in [-0.05, 0) is 31.9 Å². The third kappa shape index (κ3) is 4.46. The van der Waals surface area contributed by atoms with E-state index in [4.69, 9.17) is 5.73 Å². The fourth-order valence-corrected chi connectivity index (χ4v) is 4.03. The van der Waals surface area contributed by atoms with Crippen molar-refractivity contribution in [1.29, 1.82) is 0 Å². The molecule has 0 saturated carbocycles. The third-order valence-electron chi connectivity index (χ3n) is 5.68. The van der Waals surface area contributed by atoms with E-state index < -0.39 is 23.1 Å². The first kappa shape index (κ1) is 22.5. The minimum absolute atomic E-state index is 0.0710. The van der Waals surface area contributed by atoms with Crippen molar-refractivity contribution in [2.24, 2.45) is 0 Å². The fourth-order valence-electron chi connectivity index (χ4n) is 4.03. The van der Waals surface area contributed by atoms with Gasteiger partial charge in [0, 0.05) is 20.6 Å². The van der Waals surface area contributed by atoms with E-state index in [1.807, 2.05) is 30.3 Å². The number of likely N-dealkylation sites (tertiary alicyclic amines) is 1. The van der Waals surface area contributed by atoms with Crippen LogP contribution in [0.25, 0.3) is 0 Å². The predicted molar refractivity (Wildman–Crippen MR) is 118 cm³/mol. The summed E-state index contributed by atoms with van der Waals surface area (Å²) in [6.07, 6.45) is 1.45. The summed E-state index contributed by atoms with van der Waals surface area (Å²) in [5, 5.41) is 0. The number of carbonyl (C=O) groups excluding carboxylic acids is 2. The minimum atomic E-state index is -0.686. The SMILES string of the molecule is CCn1c(=O)c(C(=O)CN2CCCC2C(=O)N(C)C)c(N)n(Cc2ccccc2)c1=O. The summed E-state index contributed by atoms with van der Waals surface area (Å²) in [6.45, 7) is 2.43. The Morgan fingerprint density at radius 1 is 1.13 bits per heavy atom. The van der Waals surface area contributed by atoms with Gasteiger partial charge in [0.1, 0.15) is 11.4 Å². The van der Waals surface area contributed by atoms with E-state index >= 15 is 0 Å². The van der Waals surface area contributed by atoms with Crippen LogP contribution in [0.5, 0.6) is 0 Å². The van der Waals surface area contributed by atoms with Crippen LogP contribution in [0.4, 0.5) is 5.82 Å². The number of hydrogen-bond acceptors (Lipinski definition) is 6. The molecule has 1 aromatic heterocycles. The van der Waals surface area contributed by atoms with Crippen molar-refractivity contribution in [1.82, 2.24) is 18.9 Å². The number of hydrogen-bond donors (Lipinski definition) is 1. The topological polar surface area (TPSA) is 111 Å². The van der Waals surface area contributed by atoms with Crippen molar-refractivity contribution < 1.29 is 9.59 Å². The monoisotopic (exact) mass is 427 g/mol. The van der Waals surface area contributed by atoms with Crippen molar-refractivity contribution in [3.8, 4) is 0 Å². The lowest BCUT2D eigenvalue weighted by Crippen LogP contribution is -2.47. The van der Waals surface area contributed by atoms with Crippen molar-refractivity contribution >= 4 is 17.5 Å². The zero-order valence-corrected chi connectivity index (χ0v) is 18.2.